The minimum absolute atomic E-state index is 0.179. The van der Waals surface area contributed by atoms with Crippen LogP contribution in [0.15, 0.2) is 0 Å². The summed E-state index contributed by atoms with van der Waals surface area (Å²) in [7, 11) is 1.64. The molecule has 0 aromatic rings. The van der Waals surface area contributed by atoms with E-state index in [9.17, 15) is 0 Å². The van der Waals surface area contributed by atoms with E-state index in [0.717, 1.165) is 25.9 Å². The summed E-state index contributed by atoms with van der Waals surface area (Å²) < 4.78 is 5.19. The average molecular weight is 147 g/mol. The first-order valence-electron chi connectivity index (χ1n) is 3.54. The van der Waals surface area contributed by atoms with Crippen molar-refractivity contribution >= 4 is 0 Å². The van der Waals surface area contributed by atoms with Crippen LogP contribution in [0.25, 0.3) is 0 Å². The molecule has 1 heterocycles. The van der Waals surface area contributed by atoms with Crippen molar-refractivity contribution in [1.29, 1.82) is 0 Å². The third kappa shape index (κ3) is 2.62. The molecule has 1 atom stereocenters. The molecule has 1 aliphatic rings. The van der Waals surface area contributed by atoms with Gasteiger partial charge in [-0.05, 0) is 12.8 Å². The van der Waals surface area contributed by atoms with Gasteiger partial charge in [-0.2, -0.15) is 10.4 Å². The number of ether oxygens (including phenoxy) is 1. The van der Waals surface area contributed by atoms with Gasteiger partial charge in [0.1, 0.15) is 0 Å². The number of rotatable bonds is 3. The highest BCUT2D eigenvalue weighted by atomic mass is 17.3. The Morgan fingerprint density at radius 2 is 2.40 bits per heavy atom. The smallest absolute Gasteiger partial charge is 0.193 e. The Labute approximate surface area is 60.3 Å². The van der Waals surface area contributed by atoms with Crippen LogP contribution in [0.1, 0.15) is 19.3 Å². The molecule has 0 amide bonds. The molecule has 0 aromatic heterocycles. The fourth-order valence-corrected chi connectivity index (χ4v) is 0.889. The predicted molar refractivity (Wildman–Crippen MR) is 34.8 cm³/mol. The van der Waals surface area contributed by atoms with Crippen molar-refractivity contribution in [1.82, 2.24) is 5.48 Å². The maximum Gasteiger partial charge on any atom is 0.193 e. The summed E-state index contributed by atoms with van der Waals surface area (Å²) in [5.74, 6) is 0. The van der Waals surface area contributed by atoms with Crippen LogP contribution in [0.4, 0.5) is 0 Å². The average Bonchev–Trinajstić information content (AvgIpc) is 2.03. The quantitative estimate of drug-likeness (QED) is 0.468. The van der Waals surface area contributed by atoms with Crippen LogP contribution in [0.2, 0.25) is 0 Å². The molecule has 0 spiro atoms. The maximum absolute atomic E-state index is 5.19. The first kappa shape index (κ1) is 7.94. The van der Waals surface area contributed by atoms with Gasteiger partial charge in [-0.3, -0.25) is 0 Å². The maximum atomic E-state index is 5.19. The van der Waals surface area contributed by atoms with E-state index < -0.39 is 0 Å². The Hall–Kier alpha value is -0.160. The highest BCUT2D eigenvalue weighted by molar-refractivity contribution is 4.51. The monoisotopic (exact) mass is 147 g/mol. The largest absolute Gasteiger partial charge is 0.350 e. The second-order valence-electron chi connectivity index (χ2n) is 2.18. The zero-order valence-electron chi connectivity index (χ0n) is 6.13. The lowest BCUT2D eigenvalue weighted by Crippen LogP contribution is -2.24. The minimum atomic E-state index is -0.179. The van der Waals surface area contributed by atoms with Crippen molar-refractivity contribution in [3.63, 3.8) is 0 Å². The molecule has 1 N–H and O–H groups in total. The second kappa shape index (κ2) is 4.62. The van der Waals surface area contributed by atoms with E-state index in [1.807, 2.05) is 0 Å². The van der Waals surface area contributed by atoms with Gasteiger partial charge in [-0.25, -0.2) is 0 Å². The summed E-state index contributed by atoms with van der Waals surface area (Å²) in [6, 6.07) is 0. The first-order valence-corrected chi connectivity index (χ1v) is 3.54. The van der Waals surface area contributed by atoms with Gasteiger partial charge in [0, 0.05) is 20.1 Å². The molecule has 0 aromatic carbocycles. The molecule has 0 saturated carbocycles. The Bertz CT molecular complexity index is 83.1. The molecule has 1 rings (SSSR count). The third-order valence-electron chi connectivity index (χ3n) is 1.38. The lowest BCUT2D eigenvalue weighted by atomic mass is 10.2. The molecule has 10 heavy (non-hydrogen) atoms. The van der Waals surface area contributed by atoms with E-state index in [2.05, 4.69) is 10.5 Å². The van der Waals surface area contributed by atoms with Gasteiger partial charge in [-0.1, -0.05) is 0 Å². The third-order valence-corrected chi connectivity index (χ3v) is 1.38. The number of hydroxylamine groups is 1. The molecule has 0 aliphatic carbocycles. The van der Waals surface area contributed by atoms with Crippen LogP contribution in [-0.2, 0) is 14.6 Å². The van der Waals surface area contributed by atoms with Crippen LogP contribution < -0.4 is 5.48 Å². The summed E-state index contributed by atoms with van der Waals surface area (Å²) >= 11 is 0. The van der Waals surface area contributed by atoms with Gasteiger partial charge in [0.25, 0.3) is 0 Å². The normalized spacial score (nSPS) is 26.7. The SMILES string of the molecule is CNOOC1CCCCO1. The molecular weight excluding hydrogens is 134 g/mol. The van der Waals surface area contributed by atoms with Crippen molar-refractivity contribution in [2.45, 2.75) is 25.6 Å². The van der Waals surface area contributed by atoms with Gasteiger partial charge >= 0.3 is 0 Å². The van der Waals surface area contributed by atoms with Gasteiger partial charge < -0.3 is 4.74 Å². The molecule has 0 bridgehead atoms. The molecule has 1 fully saturated rings. The van der Waals surface area contributed by atoms with Gasteiger partial charge in [0.15, 0.2) is 6.29 Å². The molecule has 1 aliphatic heterocycles. The Morgan fingerprint density at radius 3 is 3.00 bits per heavy atom. The predicted octanol–water partition coefficient (Wildman–Crippen LogP) is 0.596. The van der Waals surface area contributed by atoms with Crippen molar-refractivity contribution in [2.75, 3.05) is 13.7 Å². The van der Waals surface area contributed by atoms with E-state index >= 15 is 0 Å². The zero-order valence-corrected chi connectivity index (χ0v) is 6.13. The Morgan fingerprint density at radius 1 is 1.50 bits per heavy atom. The Balaban J connectivity index is 2.02. The summed E-state index contributed by atoms with van der Waals surface area (Å²) in [6.07, 6.45) is 3.01. The summed E-state index contributed by atoms with van der Waals surface area (Å²) in [4.78, 5) is 9.30. The summed E-state index contributed by atoms with van der Waals surface area (Å²) in [5, 5.41) is 0. The van der Waals surface area contributed by atoms with Crippen molar-refractivity contribution in [2.24, 2.45) is 0 Å². The van der Waals surface area contributed by atoms with Crippen molar-refractivity contribution in [3.05, 3.63) is 0 Å². The lowest BCUT2D eigenvalue weighted by Gasteiger charge is -2.20. The zero-order chi connectivity index (χ0) is 7.23. The lowest BCUT2D eigenvalue weighted by molar-refractivity contribution is -0.410. The fourth-order valence-electron chi connectivity index (χ4n) is 0.889. The molecule has 4 nitrogen and oxygen atoms in total. The van der Waals surface area contributed by atoms with Crippen LogP contribution >= 0.6 is 0 Å². The van der Waals surface area contributed by atoms with E-state index in [1.54, 1.807) is 7.05 Å². The number of hydrogen-bond acceptors (Lipinski definition) is 4. The van der Waals surface area contributed by atoms with Crippen LogP contribution in [0.5, 0.6) is 0 Å². The number of nitrogens with one attached hydrogen (secondary N) is 1. The van der Waals surface area contributed by atoms with Gasteiger partial charge in [-0.15, -0.1) is 4.99 Å². The van der Waals surface area contributed by atoms with Crippen molar-refractivity contribution in [3.8, 4) is 0 Å². The first-order chi connectivity index (χ1) is 4.93. The molecular formula is C6H13NO3. The van der Waals surface area contributed by atoms with E-state index in [4.69, 9.17) is 9.62 Å². The molecule has 0 radical (unpaired) electrons. The summed E-state index contributed by atoms with van der Waals surface area (Å²) in [6.45, 7) is 0.776. The van der Waals surface area contributed by atoms with Crippen LogP contribution in [0.3, 0.4) is 0 Å². The second-order valence-corrected chi connectivity index (χ2v) is 2.18. The van der Waals surface area contributed by atoms with Crippen LogP contribution in [-0.4, -0.2) is 19.9 Å². The fraction of sp³-hybridized carbons (Fsp3) is 1.00. The topological polar surface area (TPSA) is 39.7 Å². The van der Waals surface area contributed by atoms with E-state index in [0.29, 0.717) is 0 Å². The van der Waals surface area contributed by atoms with E-state index in [1.165, 1.54) is 0 Å². The van der Waals surface area contributed by atoms with Crippen molar-refractivity contribution < 1.29 is 14.6 Å². The molecule has 4 heteroatoms. The summed E-state index contributed by atoms with van der Waals surface area (Å²) in [5.41, 5.74) is 2.41. The highest BCUT2D eigenvalue weighted by Gasteiger charge is 2.14. The van der Waals surface area contributed by atoms with E-state index in [-0.39, 0.29) is 6.29 Å². The molecule has 1 unspecified atom stereocenters. The Kier molecular flexibility index (Phi) is 3.67. The van der Waals surface area contributed by atoms with Gasteiger partial charge in [0.2, 0.25) is 0 Å². The van der Waals surface area contributed by atoms with Gasteiger partial charge in [0.05, 0.1) is 0 Å². The highest BCUT2D eigenvalue weighted by Crippen LogP contribution is 2.12. The minimum Gasteiger partial charge on any atom is -0.350 e. The standard InChI is InChI=1S/C6H13NO3/c1-7-10-9-6-4-2-3-5-8-6/h6-7H,2-5H2,1H3. The van der Waals surface area contributed by atoms with Crippen LogP contribution in [0, 0.1) is 0 Å². The number of hydrogen-bond donors (Lipinski definition) is 1. The molecule has 60 valence electrons. The molecule has 1 saturated heterocycles.